The Bertz CT molecular complexity index is 390. The molecule has 1 aliphatic heterocycles. The molecule has 2 rings (SSSR count). The van der Waals surface area contributed by atoms with Crippen LogP contribution in [0.3, 0.4) is 0 Å². The van der Waals surface area contributed by atoms with Gasteiger partial charge in [0.15, 0.2) is 5.17 Å². The van der Waals surface area contributed by atoms with Gasteiger partial charge in [0.25, 0.3) is 0 Å². The number of anilines is 1. The number of amidine groups is 1. The summed E-state index contributed by atoms with van der Waals surface area (Å²) in [6.07, 6.45) is 6.01. The van der Waals surface area contributed by atoms with E-state index in [1.165, 1.54) is 12.0 Å². The van der Waals surface area contributed by atoms with Crippen LogP contribution in [0.15, 0.2) is 23.5 Å². The monoisotopic (exact) mass is 235 g/mol. The Hall–Kier alpha value is -1.03. The number of aryl methyl sites for hydroxylation is 1. The van der Waals surface area contributed by atoms with Gasteiger partial charge < -0.3 is 5.32 Å². The van der Waals surface area contributed by atoms with Gasteiger partial charge in [-0.05, 0) is 31.4 Å². The van der Waals surface area contributed by atoms with Crippen LogP contribution >= 0.6 is 11.8 Å². The molecule has 1 aromatic rings. The van der Waals surface area contributed by atoms with Crippen LogP contribution < -0.4 is 5.32 Å². The van der Waals surface area contributed by atoms with E-state index in [1.807, 2.05) is 19.3 Å². The van der Waals surface area contributed by atoms with E-state index in [9.17, 15) is 0 Å². The van der Waals surface area contributed by atoms with Crippen molar-refractivity contribution < 1.29 is 0 Å². The quantitative estimate of drug-likeness (QED) is 0.856. The molecular formula is C12H17N3S. The number of rotatable bonds is 2. The maximum atomic E-state index is 4.67. The molecule has 0 aliphatic carbocycles. The fourth-order valence-corrected chi connectivity index (χ4v) is 2.67. The van der Waals surface area contributed by atoms with Crippen LogP contribution in [0.2, 0.25) is 0 Å². The molecule has 0 radical (unpaired) electrons. The lowest BCUT2D eigenvalue weighted by molar-refractivity contribution is 0.634. The Morgan fingerprint density at radius 1 is 1.50 bits per heavy atom. The van der Waals surface area contributed by atoms with Gasteiger partial charge in [0.05, 0.1) is 17.9 Å². The predicted octanol–water partition coefficient (Wildman–Crippen LogP) is 3.07. The molecular weight excluding hydrogens is 218 g/mol. The molecule has 0 amide bonds. The highest BCUT2D eigenvalue weighted by Gasteiger charge is 2.13. The van der Waals surface area contributed by atoms with Crippen LogP contribution in [0.1, 0.15) is 25.3 Å². The number of hydrogen-bond acceptors (Lipinski definition) is 4. The highest BCUT2D eigenvalue weighted by Crippen LogP contribution is 2.21. The van der Waals surface area contributed by atoms with Crippen molar-refractivity contribution in [2.24, 2.45) is 4.99 Å². The van der Waals surface area contributed by atoms with E-state index in [4.69, 9.17) is 0 Å². The molecule has 86 valence electrons. The Kier molecular flexibility index (Phi) is 3.83. The number of thioether (sulfide) groups is 1. The van der Waals surface area contributed by atoms with Gasteiger partial charge in [-0.15, -0.1) is 0 Å². The third-order valence-corrected chi connectivity index (χ3v) is 3.51. The molecule has 0 saturated carbocycles. The van der Waals surface area contributed by atoms with Gasteiger partial charge in [-0.2, -0.15) is 0 Å². The zero-order chi connectivity index (χ0) is 11.4. The van der Waals surface area contributed by atoms with E-state index in [-0.39, 0.29) is 0 Å². The van der Waals surface area contributed by atoms with Crippen LogP contribution in [0, 0.1) is 6.92 Å². The fourth-order valence-electron chi connectivity index (χ4n) is 1.67. The van der Waals surface area contributed by atoms with E-state index in [0.29, 0.717) is 6.04 Å². The summed E-state index contributed by atoms with van der Waals surface area (Å²) < 4.78 is 0. The molecule has 1 N–H and O–H groups in total. The van der Waals surface area contributed by atoms with Gasteiger partial charge in [-0.25, -0.2) is 0 Å². The van der Waals surface area contributed by atoms with Gasteiger partial charge in [0, 0.05) is 11.9 Å². The van der Waals surface area contributed by atoms with Crippen LogP contribution in [0.4, 0.5) is 5.69 Å². The lowest BCUT2D eigenvalue weighted by Crippen LogP contribution is -2.19. The molecule has 1 unspecified atom stereocenters. The highest BCUT2D eigenvalue weighted by molar-refractivity contribution is 8.14. The summed E-state index contributed by atoms with van der Waals surface area (Å²) in [6, 6.07) is 2.58. The van der Waals surface area contributed by atoms with Crippen molar-refractivity contribution in [3.05, 3.63) is 24.0 Å². The molecule has 0 saturated heterocycles. The molecule has 2 heterocycles. The topological polar surface area (TPSA) is 37.3 Å². The van der Waals surface area contributed by atoms with Gasteiger partial charge in [-0.3, -0.25) is 9.98 Å². The molecule has 0 bridgehead atoms. The van der Waals surface area contributed by atoms with Crippen molar-refractivity contribution in [2.45, 2.75) is 32.7 Å². The maximum Gasteiger partial charge on any atom is 0.161 e. The summed E-state index contributed by atoms with van der Waals surface area (Å²) in [5.74, 6) is 1.16. The first-order valence-corrected chi connectivity index (χ1v) is 6.65. The number of aromatic nitrogens is 1. The van der Waals surface area contributed by atoms with E-state index < -0.39 is 0 Å². The second-order valence-corrected chi connectivity index (χ2v) is 5.09. The first kappa shape index (κ1) is 11.5. The maximum absolute atomic E-state index is 4.67. The second kappa shape index (κ2) is 5.34. The molecule has 1 aliphatic rings. The average molecular weight is 235 g/mol. The highest BCUT2D eigenvalue weighted by atomic mass is 32.2. The van der Waals surface area contributed by atoms with Crippen LogP contribution in [0.25, 0.3) is 0 Å². The third-order valence-electron chi connectivity index (χ3n) is 2.59. The molecule has 1 aromatic heterocycles. The van der Waals surface area contributed by atoms with Crippen LogP contribution in [-0.4, -0.2) is 21.9 Å². The third kappa shape index (κ3) is 2.98. The van der Waals surface area contributed by atoms with Crippen molar-refractivity contribution in [1.82, 2.24) is 4.98 Å². The lowest BCUT2D eigenvalue weighted by atomic mass is 10.2. The lowest BCUT2D eigenvalue weighted by Gasteiger charge is -2.19. The smallest absolute Gasteiger partial charge is 0.161 e. The number of nitrogens with zero attached hydrogens (tertiary/aromatic N) is 2. The largest absolute Gasteiger partial charge is 0.334 e. The molecule has 1 atom stereocenters. The minimum Gasteiger partial charge on any atom is -0.334 e. The van der Waals surface area contributed by atoms with Gasteiger partial charge >= 0.3 is 0 Å². The Morgan fingerprint density at radius 3 is 3.12 bits per heavy atom. The summed E-state index contributed by atoms with van der Waals surface area (Å²) in [6.45, 7) is 4.23. The summed E-state index contributed by atoms with van der Waals surface area (Å²) in [5.41, 5.74) is 2.20. The van der Waals surface area contributed by atoms with E-state index in [1.54, 1.807) is 11.8 Å². The summed E-state index contributed by atoms with van der Waals surface area (Å²) in [5, 5.41) is 4.37. The molecule has 0 fully saturated rings. The predicted molar refractivity (Wildman–Crippen MR) is 71.2 cm³/mol. The number of pyridine rings is 1. The molecule has 3 nitrogen and oxygen atoms in total. The second-order valence-electron chi connectivity index (χ2n) is 4.01. The molecule has 0 spiro atoms. The Balaban J connectivity index is 2.06. The number of nitrogens with one attached hydrogen (secondary N) is 1. The Labute approximate surface area is 101 Å². The van der Waals surface area contributed by atoms with E-state index in [2.05, 4.69) is 28.3 Å². The van der Waals surface area contributed by atoms with Crippen LogP contribution in [0.5, 0.6) is 0 Å². The summed E-state index contributed by atoms with van der Waals surface area (Å²) in [4.78, 5) is 8.83. The normalized spacial score (nSPS) is 20.4. The van der Waals surface area contributed by atoms with Gasteiger partial charge in [0.1, 0.15) is 0 Å². The summed E-state index contributed by atoms with van der Waals surface area (Å²) >= 11 is 1.79. The number of hydrogen-bond donors (Lipinski definition) is 1. The minimum absolute atomic E-state index is 0.488. The van der Waals surface area contributed by atoms with E-state index >= 15 is 0 Å². The fraction of sp³-hybridized carbons (Fsp3) is 0.500. The average Bonchev–Trinajstić information content (AvgIpc) is 2.29. The van der Waals surface area contributed by atoms with E-state index in [0.717, 1.165) is 23.0 Å². The molecule has 16 heavy (non-hydrogen) atoms. The van der Waals surface area contributed by atoms with Crippen molar-refractivity contribution >= 4 is 22.6 Å². The minimum atomic E-state index is 0.488. The molecule has 0 aromatic carbocycles. The summed E-state index contributed by atoms with van der Waals surface area (Å²) in [7, 11) is 0. The SMILES string of the molecule is CCC1CCSC(Nc2cncc(C)c2)=N1. The van der Waals surface area contributed by atoms with Crippen molar-refractivity contribution in [2.75, 3.05) is 11.1 Å². The van der Waals surface area contributed by atoms with Gasteiger partial charge in [0.2, 0.25) is 0 Å². The van der Waals surface area contributed by atoms with Crippen molar-refractivity contribution in [3.8, 4) is 0 Å². The first-order valence-electron chi connectivity index (χ1n) is 5.67. The van der Waals surface area contributed by atoms with Gasteiger partial charge in [-0.1, -0.05) is 18.7 Å². The first-order chi connectivity index (χ1) is 7.78. The Morgan fingerprint density at radius 2 is 2.38 bits per heavy atom. The van der Waals surface area contributed by atoms with Crippen LogP contribution in [-0.2, 0) is 0 Å². The molecule has 4 heteroatoms. The number of aliphatic imine (C=N–C) groups is 1. The zero-order valence-corrected chi connectivity index (χ0v) is 10.5. The standard InChI is InChI=1S/C12H17N3S/c1-3-10-4-5-16-12(14-10)15-11-6-9(2)7-13-8-11/h6-8,10H,3-5H2,1-2H3,(H,14,15). The van der Waals surface area contributed by atoms with Crippen molar-refractivity contribution in [1.29, 1.82) is 0 Å². The van der Waals surface area contributed by atoms with Crippen molar-refractivity contribution in [3.63, 3.8) is 0 Å². The zero-order valence-electron chi connectivity index (χ0n) is 9.73.